The minimum absolute atomic E-state index is 0.244. The lowest BCUT2D eigenvalue weighted by Gasteiger charge is -2.07. The van der Waals surface area contributed by atoms with E-state index in [-0.39, 0.29) is 6.73 Å². The molecule has 1 heterocycles. The fourth-order valence-corrected chi connectivity index (χ4v) is 1.82. The van der Waals surface area contributed by atoms with Crippen molar-refractivity contribution in [2.75, 3.05) is 6.61 Å². The zero-order chi connectivity index (χ0) is 10.8. The van der Waals surface area contributed by atoms with E-state index in [2.05, 4.69) is 41.7 Å². The third kappa shape index (κ3) is 3.97. The predicted molar refractivity (Wildman–Crippen MR) is 49.6 cm³/mol. The summed E-state index contributed by atoms with van der Waals surface area (Å²) in [6, 6.07) is 1.61. The maximum atomic E-state index is 11.7. The molecule has 0 amide bonds. The molecule has 0 aliphatic carbocycles. The van der Waals surface area contributed by atoms with Crippen molar-refractivity contribution in [1.29, 1.82) is 0 Å². The van der Waals surface area contributed by atoms with Crippen LogP contribution in [0.1, 0.15) is 0 Å². The van der Waals surface area contributed by atoms with Crippen LogP contribution in [-0.4, -0.2) is 22.6 Å². The summed E-state index contributed by atoms with van der Waals surface area (Å²) < 4.78 is 41.8. The highest BCUT2D eigenvalue weighted by Gasteiger charge is 2.27. The van der Waals surface area contributed by atoms with Gasteiger partial charge in [-0.25, -0.2) is 4.68 Å². The molecule has 8 heteroatoms. The molecule has 0 aliphatic heterocycles. The molecule has 0 saturated heterocycles. The Morgan fingerprint density at radius 2 is 2.07 bits per heavy atom. The number of ether oxygens (including phenoxy) is 1. The molecule has 80 valence electrons. The summed E-state index contributed by atoms with van der Waals surface area (Å²) in [5, 5.41) is 3.82. The molecular formula is C6H5Br2F3N2O. The standard InChI is InChI=1S/C6H5Br2F3N2O/c7-4-1-5(8)13(12-4)3-14-2-6(9,10)11/h1H,2-3H2. The van der Waals surface area contributed by atoms with Crippen molar-refractivity contribution in [3.8, 4) is 0 Å². The van der Waals surface area contributed by atoms with Crippen LogP contribution < -0.4 is 0 Å². The number of aromatic nitrogens is 2. The van der Waals surface area contributed by atoms with Crippen molar-refractivity contribution >= 4 is 31.9 Å². The summed E-state index contributed by atoms with van der Waals surface area (Å²) in [6.45, 7) is -1.53. The minimum Gasteiger partial charge on any atom is -0.350 e. The van der Waals surface area contributed by atoms with E-state index >= 15 is 0 Å². The highest BCUT2D eigenvalue weighted by molar-refractivity contribution is 9.11. The fourth-order valence-electron chi connectivity index (χ4n) is 0.703. The number of nitrogens with zero attached hydrogens (tertiary/aromatic N) is 2. The molecule has 0 aliphatic rings. The second-order valence-electron chi connectivity index (χ2n) is 2.38. The van der Waals surface area contributed by atoms with Crippen LogP contribution in [0.4, 0.5) is 13.2 Å². The molecule has 0 aromatic carbocycles. The van der Waals surface area contributed by atoms with Crippen LogP contribution in [0.25, 0.3) is 0 Å². The normalized spacial score (nSPS) is 12.1. The number of hydrogen-bond donors (Lipinski definition) is 0. The quantitative estimate of drug-likeness (QED) is 0.848. The first-order valence-electron chi connectivity index (χ1n) is 3.42. The molecular weight excluding hydrogens is 333 g/mol. The van der Waals surface area contributed by atoms with Gasteiger partial charge in [0.2, 0.25) is 0 Å². The molecule has 0 saturated carbocycles. The first-order valence-corrected chi connectivity index (χ1v) is 5.00. The van der Waals surface area contributed by atoms with E-state index < -0.39 is 12.8 Å². The number of alkyl halides is 3. The highest BCUT2D eigenvalue weighted by Crippen LogP contribution is 2.18. The van der Waals surface area contributed by atoms with Crippen LogP contribution in [0.2, 0.25) is 0 Å². The summed E-state index contributed by atoms with van der Waals surface area (Å²) in [5.41, 5.74) is 0. The molecule has 0 spiro atoms. The lowest BCUT2D eigenvalue weighted by Crippen LogP contribution is -2.18. The fraction of sp³-hybridized carbons (Fsp3) is 0.500. The maximum absolute atomic E-state index is 11.7. The lowest BCUT2D eigenvalue weighted by molar-refractivity contribution is -0.182. The van der Waals surface area contributed by atoms with Crippen molar-refractivity contribution in [2.24, 2.45) is 0 Å². The second-order valence-corrected chi connectivity index (χ2v) is 4.01. The number of hydrogen-bond acceptors (Lipinski definition) is 2. The topological polar surface area (TPSA) is 27.1 Å². The third-order valence-corrected chi connectivity index (χ3v) is 2.21. The molecule has 0 N–H and O–H groups in total. The maximum Gasteiger partial charge on any atom is 0.411 e. The summed E-state index contributed by atoms with van der Waals surface area (Å²) in [6.07, 6.45) is -4.31. The molecule has 0 unspecified atom stereocenters. The molecule has 1 aromatic heterocycles. The summed E-state index contributed by atoms with van der Waals surface area (Å²) in [4.78, 5) is 0. The van der Waals surface area contributed by atoms with Crippen molar-refractivity contribution in [1.82, 2.24) is 9.78 Å². The van der Waals surface area contributed by atoms with E-state index in [4.69, 9.17) is 0 Å². The third-order valence-electron chi connectivity index (χ3n) is 1.18. The van der Waals surface area contributed by atoms with Crippen molar-refractivity contribution in [3.63, 3.8) is 0 Å². The molecule has 0 fully saturated rings. The van der Waals surface area contributed by atoms with E-state index in [1.807, 2.05) is 0 Å². The van der Waals surface area contributed by atoms with Gasteiger partial charge >= 0.3 is 6.18 Å². The van der Waals surface area contributed by atoms with Gasteiger partial charge < -0.3 is 4.74 Å². The first kappa shape index (κ1) is 12.0. The van der Waals surface area contributed by atoms with Gasteiger partial charge in [-0.15, -0.1) is 0 Å². The Labute approximate surface area is 94.5 Å². The SMILES string of the molecule is FC(F)(F)COCn1nc(Br)cc1Br. The van der Waals surface area contributed by atoms with Gasteiger partial charge in [0, 0.05) is 6.07 Å². The van der Waals surface area contributed by atoms with Crippen LogP contribution in [0.3, 0.4) is 0 Å². The molecule has 14 heavy (non-hydrogen) atoms. The summed E-state index contributed by atoms with van der Waals surface area (Å²) >= 11 is 6.18. The average molecular weight is 338 g/mol. The summed E-state index contributed by atoms with van der Waals surface area (Å²) in [5.74, 6) is 0. The van der Waals surface area contributed by atoms with Gasteiger partial charge in [0.1, 0.15) is 22.5 Å². The second kappa shape index (κ2) is 4.63. The number of halogens is 5. The van der Waals surface area contributed by atoms with Crippen molar-refractivity contribution in [2.45, 2.75) is 12.9 Å². The molecule has 0 radical (unpaired) electrons. The van der Waals surface area contributed by atoms with Crippen LogP contribution in [0, 0.1) is 0 Å². The highest BCUT2D eigenvalue weighted by atomic mass is 79.9. The Hall–Kier alpha value is -0.0800. The van der Waals surface area contributed by atoms with Gasteiger partial charge in [0.05, 0.1) is 0 Å². The molecule has 0 bridgehead atoms. The number of rotatable bonds is 3. The van der Waals surface area contributed by atoms with Crippen LogP contribution in [0.15, 0.2) is 15.3 Å². The Balaban J connectivity index is 2.42. The van der Waals surface area contributed by atoms with Gasteiger partial charge in [-0.05, 0) is 31.9 Å². The van der Waals surface area contributed by atoms with E-state index in [1.165, 1.54) is 4.68 Å². The van der Waals surface area contributed by atoms with Gasteiger partial charge in [-0.1, -0.05) is 0 Å². The Morgan fingerprint density at radius 1 is 1.43 bits per heavy atom. The zero-order valence-corrected chi connectivity index (χ0v) is 9.86. The smallest absolute Gasteiger partial charge is 0.350 e. The van der Waals surface area contributed by atoms with Crippen LogP contribution in [0.5, 0.6) is 0 Å². The van der Waals surface area contributed by atoms with Crippen LogP contribution in [-0.2, 0) is 11.5 Å². The molecule has 3 nitrogen and oxygen atoms in total. The largest absolute Gasteiger partial charge is 0.411 e. The van der Waals surface area contributed by atoms with Crippen molar-refractivity contribution in [3.05, 3.63) is 15.3 Å². The molecule has 0 atom stereocenters. The molecule has 1 aromatic rings. The average Bonchev–Trinajstić information content (AvgIpc) is 2.27. The van der Waals surface area contributed by atoms with Gasteiger partial charge in [0.25, 0.3) is 0 Å². The Morgan fingerprint density at radius 3 is 2.50 bits per heavy atom. The van der Waals surface area contributed by atoms with Gasteiger partial charge in [-0.3, -0.25) is 0 Å². The lowest BCUT2D eigenvalue weighted by atomic mass is 10.7. The summed E-state index contributed by atoms with van der Waals surface area (Å²) in [7, 11) is 0. The Kier molecular flexibility index (Phi) is 3.96. The first-order chi connectivity index (χ1) is 6.38. The Bertz CT molecular complexity index is 313. The van der Waals surface area contributed by atoms with E-state index in [9.17, 15) is 13.2 Å². The predicted octanol–water partition coefficient (Wildman–Crippen LogP) is 2.94. The van der Waals surface area contributed by atoms with Crippen LogP contribution >= 0.6 is 31.9 Å². The van der Waals surface area contributed by atoms with E-state index in [1.54, 1.807) is 6.07 Å². The van der Waals surface area contributed by atoms with Gasteiger partial charge in [0.15, 0.2) is 0 Å². The monoisotopic (exact) mass is 336 g/mol. The van der Waals surface area contributed by atoms with Gasteiger partial charge in [-0.2, -0.15) is 18.3 Å². The van der Waals surface area contributed by atoms with E-state index in [0.29, 0.717) is 9.21 Å². The zero-order valence-electron chi connectivity index (χ0n) is 6.68. The van der Waals surface area contributed by atoms with E-state index in [0.717, 1.165) is 0 Å². The molecule has 1 rings (SSSR count). The van der Waals surface area contributed by atoms with Crippen molar-refractivity contribution < 1.29 is 17.9 Å². The minimum atomic E-state index is -4.31.